The summed E-state index contributed by atoms with van der Waals surface area (Å²) in [5, 5.41) is 18.3. The van der Waals surface area contributed by atoms with Gasteiger partial charge in [-0.2, -0.15) is 5.10 Å². The highest BCUT2D eigenvalue weighted by Crippen LogP contribution is 2.34. The van der Waals surface area contributed by atoms with Gasteiger partial charge in [0.15, 0.2) is 11.6 Å². The van der Waals surface area contributed by atoms with Crippen LogP contribution in [0.3, 0.4) is 0 Å². The van der Waals surface area contributed by atoms with Gasteiger partial charge in [-0.15, -0.1) is 0 Å². The zero-order valence-corrected chi connectivity index (χ0v) is 59.0. The Labute approximate surface area is 591 Å². The number of piperidine rings is 4. The third kappa shape index (κ3) is 18.9. The van der Waals surface area contributed by atoms with Gasteiger partial charge >= 0.3 is 6.09 Å². The number of nitrogens with zero attached hydrogens (tertiary/aromatic N) is 9. The number of nitrogens with one attached hydrogen (secondary N) is 6. The number of aryl methyl sites for hydroxylation is 1. The van der Waals surface area contributed by atoms with Gasteiger partial charge in [0.05, 0.1) is 0 Å². The molecule has 1 amide bonds. The number of piperazine rings is 1. The van der Waals surface area contributed by atoms with E-state index in [4.69, 9.17) is 4.74 Å². The Morgan fingerprint density at radius 1 is 0.505 bits per heavy atom. The predicted octanol–water partition coefficient (Wildman–Crippen LogP) is 14.1. The van der Waals surface area contributed by atoms with Crippen LogP contribution in [0, 0.1) is 11.6 Å². The highest BCUT2D eigenvalue weighted by molar-refractivity contribution is 5.88. The third-order valence-corrected chi connectivity index (χ3v) is 20.7. The van der Waals surface area contributed by atoms with E-state index in [-0.39, 0.29) is 18.9 Å². The molecule has 9 heterocycles. The second kappa shape index (κ2) is 32.5. The quantitative estimate of drug-likeness (QED) is 0.0452. The van der Waals surface area contributed by atoms with Crippen LogP contribution in [0.25, 0.3) is 66.5 Å². The maximum absolute atomic E-state index is 13.6. The van der Waals surface area contributed by atoms with Crippen LogP contribution < -0.4 is 30.7 Å². The number of H-pyrrole nitrogens is 3. The Morgan fingerprint density at radius 2 is 0.931 bits per heavy atom. The fourth-order valence-electron chi connectivity index (χ4n) is 14.7. The molecule has 5 aliphatic heterocycles. The van der Waals surface area contributed by atoms with Crippen molar-refractivity contribution >= 4 is 55.9 Å². The van der Waals surface area contributed by atoms with E-state index in [1.807, 2.05) is 55.6 Å². The normalized spacial score (nSPS) is 17.7. The second-order valence-electron chi connectivity index (χ2n) is 28.9. The lowest BCUT2D eigenvalue weighted by Crippen LogP contribution is -2.52. The Balaban J connectivity index is 0.000000136. The van der Waals surface area contributed by atoms with E-state index < -0.39 is 23.2 Å². The van der Waals surface area contributed by atoms with Crippen molar-refractivity contribution in [3.8, 4) is 33.8 Å². The lowest BCUT2D eigenvalue weighted by molar-refractivity contribution is -0.0548. The highest BCUT2D eigenvalue weighted by atomic mass is 19.3. The van der Waals surface area contributed by atoms with E-state index in [1.165, 1.54) is 56.6 Å². The first-order valence-electron chi connectivity index (χ1n) is 36.5. The molecule has 6 aromatic carbocycles. The number of rotatable bonds is 18. The fourth-order valence-corrected chi connectivity index (χ4v) is 14.7. The lowest BCUT2D eigenvalue weighted by atomic mass is 10.0. The fraction of sp³-hybridized carbons (Fsp3) is 0.438. The summed E-state index contributed by atoms with van der Waals surface area (Å²) in [4.78, 5) is 40.6. The van der Waals surface area contributed by atoms with E-state index in [2.05, 4.69) is 187 Å². The maximum Gasteiger partial charge on any atom is 0.410 e. The summed E-state index contributed by atoms with van der Waals surface area (Å²) in [5.41, 5.74) is 12.9. The van der Waals surface area contributed by atoms with E-state index >= 15 is 0 Å². The minimum Gasteiger partial charge on any atom is -0.444 e. The van der Waals surface area contributed by atoms with Gasteiger partial charge in [0.2, 0.25) is 0 Å². The van der Waals surface area contributed by atoms with Crippen LogP contribution in [0.1, 0.15) is 78.0 Å². The van der Waals surface area contributed by atoms with Gasteiger partial charge in [-0.3, -0.25) is 9.58 Å². The van der Waals surface area contributed by atoms with Crippen molar-refractivity contribution in [3.05, 3.63) is 175 Å². The van der Waals surface area contributed by atoms with E-state index in [9.17, 15) is 22.4 Å². The summed E-state index contributed by atoms with van der Waals surface area (Å²) in [6.07, 6.45) is 8.96. The topological polar surface area (TPSA) is 160 Å². The van der Waals surface area contributed by atoms with Crippen LogP contribution >= 0.6 is 0 Å². The van der Waals surface area contributed by atoms with Crippen LogP contribution in [0.4, 0.5) is 39.4 Å². The molecule has 0 bridgehead atoms. The van der Waals surface area contributed by atoms with Crippen LogP contribution in [-0.4, -0.2) is 191 Å². The van der Waals surface area contributed by atoms with Crippen molar-refractivity contribution in [1.29, 1.82) is 0 Å². The minimum absolute atomic E-state index is 0.00294. The number of hydrogen-bond donors (Lipinski definition) is 6. The van der Waals surface area contributed by atoms with Crippen molar-refractivity contribution in [2.24, 2.45) is 7.05 Å². The monoisotopic (exact) mass is 1380 g/mol. The number of benzene rings is 6. The van der Waals surface area contributed by atoms with Gasteiger partial charge < -0.3 is 60.1 Å². The summed E-state index contributed by atoms with van der Waals surface area (Å²) < 4.78 is 61.0. The molecule has 5 fully saturated rings. The van der Waals surface area contributed by atoms with E-state index in [1.54, 1.807) is 6.33 Å². The van der Waals surface area contributed by atoms with Crippen molar-refractivity contribution in [2.75, 3.05) is 126 Å². The summed E-state index contributed by atoms with van der Waals surface area (Å²) in [5.74, 6) is -3.13. The molecule has 0 radical (unpaired) electrons. The number of para-hydroxylation sites is 2. The van der Waals surface area contributed by atoms with E-state index in [0.29, 0.717) is 42.1 Å². The van der Waals surface area contributed by atoms with Crippen molar-refractivity contribution < 1.29 is 27.1 Å². The molecule has 0 atom stereocenters. The molecule has 534 valence electrons. The summed E-state index contributed by atoms with van der Waals surface area (Å²) >= 11 is 0. The van der Waals surface area contributed by atoms with Crippen molar-refractivity contribution in [2.45, 2.75) is 108 Å². The van der Waals surface area contributed by atoms with Gasteiger partial charge in [0.25, 0.3) is 5.92 Å². The first kappa shape index (κ1) is 70.7. The SMILES string of the molecule is CC(C)(C)OC(=O)N1CCN(CCNC2CCN(c3cccc(-c4cc5ccccc5[nH]4)c3)CC2)CC1.Cn1ncnc1CCNC1CCN(c2cccc(-c3cc4cc(F)c(F)cc4[nH]3)c2)CC1.FC1(F)CCN(CCNC2CCN(c3cccc(-c4cc5ccccc5[nH]4)c3)CC2)CC1. The van der Waals surface area contributed by atoms with Crippen LogP contribution in [0.5, 0.6) is 0 Å². The molecule has 10 aromatic rings. The van der Waals surface area contributed by atoms with Crippen LogP contribution in [0.2, 0.25) is 0 Å². The van der Waals surface area contributed by atoms with Crippen molar-refractivity contribution in [3.63, 3.8) is 0 Å². The molecule has 5 saturated heterocycles. The molecule has 5 aliphatic rings. The number of aromatic nitrogens is 6. The largest absolute Gasteiger partial charge is 0.444 e. The Kier molecular flexibility index (Phi) is 22.8. The molecule has 21 heteroatoms. The molecule has 0 unspecified atom stereocenters. The molecule has 0 spiro atoms. The van der Waals surface area contributed by atoms with Gasteiger partial charge in [-0.05, 0) is 149 Å². The molecule has 101 heavy (non-hydrogen) atoms. The molecule has 0 aliphatic carbocycles. The number of amides is 1. The molecule has 17 nitrogen and oxygen atoms in total. The minimum atomic E-state index is -2.46. The maximum atomic E-state index is 13.6. The predicted molar refractivity (Wildman–Crippen MR) is 400 cm³/mol. The lowest BCUT2D eigenvalue weighted by Gasteiger charge is -2.37. The Morgan fingerprint density at radius 3 is 1.38 bits per heavy atom. The number of fused-ring (bicyclic) bond motifs is 3. The van der Waals surface area contributed by atoms with E-state index in [0.717, 1.165) is 177 Å². The van der Waals surface area contributed by atoms with Gasteiger partial charge in [-0.25, -0.2) is 27.3 Å². The first-order valence-corrected chi connectivity index (χ1v) is 36.5. The molecular weight excluding hydrogens is 1280 g/mol. The number of carbonyl (C=O) groups is 1. The molecule has 6 N–H and O–H groups in total. The zero-order chi connectivity index (χ0) is 69.9. The Hall–Kier alpha value is -8.73. The Bertz CT molecular complexity index is 4200. The molecule has 15 rings (SSSR count). The van der Waals surface area contributed by atoms with Crippen molar-refractivity contribution in [1.82, 2.24) is 60.4 Å². The average Bonchev–Trinajstić information content (AvgIpc) is 1.67. The molecular formula is C80H99F4N15O2. The molecule has 0 saturated carbocycles. The zero-order valence-electron chi connectivity index (χ0n) is 59.0. The van der Waals surface area contributed by atoms with Crippen LogP contribution in [-0.2, 0) is 18.2 Å². The number of hydrogen-bond acceptors (Lipinski definition) is 12. The number of ether oxygens (including phenoxy) is 1. The summed E-state index contributed by atoms with van der Waals surface area (Å²) in [6.45, 7) is 20.9. The van der Waals surface area contributed by atoms with Crippen LogP contribution in [0.15, 0.2) is 158 Å². The summed E-state index contributed by atoms with van der Waals surface area (Å²) in [6, 6.07) is 53.2. The number of anilines is 3. The highest BCUT2D eigenvalue weighted by Gasteiger charge is 2.34. The number of carbonyl (C=O) groups excluding carboxylic acids is 1. The smallest absolute Gasteiger partial charge is 0.410 e. The molecule has 4 aromatic heterocycles. The van der Waals surface area contributed by atoms with Gasteiger partial charge in [0, 0.05) is 229 Å². The first-order chi connectivity index (χ1) is 49.0. The van der Waals surface area contributed by atoms with Gasteiger partial charge in [0.1, 0.15) is 17.8 Å². The average molecular weight is 1380 g/mol. The second-order valence-corrected chi connectivity index (χ2v) is 28.9. The number of alkyl halides is 2. The standard InChI is InChI=1S/C30H41N5O2.C26H32F2N4.C24H26F2N6/c1-30(2,3)37-29(36)35-19-17-33(18-20-35)16-13-31-25-11-14-34(15-12-25)26-9-6-8-23(21-26)28-22-24-7-4-5-10-27(24)32-28;27-26(28)10-15-31(16-11-26)17-12-29-22-8-13-32(14-9-22)23-6-3-5-20(18-23)25-19-21-4-1-2-7-24(21)30-25;1-31-24(28-15-29-31)5-8-27-18-6-9-32(10-7-18)19-4-2-3-16(11-19)22-13-17-12-20(25)21(26)14-23(17)30-22/h4-10,21-22,25,31-32H,11-20H2,1-3H3;1-7,18-19,22,29-30H,8-17H2;2-4,11-15,18,27,30H,5-10H2,1H3. The number of likely N-dealkylation sites (tertiary alicyclic amines) is 1. The third-order valence-electron chi connectivity index (χ3n) is 20.7. The number of halogens is 4. The summed E-state index contributed by atoms with van der Waals surface area (Å²) in [7, 11) is 1.92. The van der Waals surface area contributed by atoms with Gasteiger partial charge in [-0.1, -0.05) is 72.8 Å². The number of aromatic amines is 3.